The van der Waals surface area contributed by atoms with Gasteiger partial charge in [-0.1, -0.05) is 18.2 Å². The highest BCUT2D eigenvalue weighted by atomic mass is 32.2. The van der Waals surface area contributed by atoms with E-state index in [-0.39, 0.29) is 23.1 Å². The molecule has 0 aliphatic rings. The lowest BCUT2D eigenvalue weighted by molar-refractivity contribution is -0.0328. The molecule has 7 heteroatoms. The molecule has 1 N–H and O–H groups in total. The second-order valence-corrected chi connectivity index (χ2v) is 5.47. The first-order valence-corrected chi connectivity index (χ1v) is 6.98. The number of thioether (sulfide) groups is 1. The number of nitrogens with zero attached hydrogens (tertiary/aromatic N) is 1. The smallest absolute Gasteiger partial charge is 0.441 e. The third-order valence-electron chi connectivity index (χ3n) is 2.75. The monoisotopic (exact) mass is 307 g/mol. The molecule has 0 unspecified atom stereocenters. The Morgan fingerprint density at radius 3 is 2.55 bits per heavy atom. The number of likely N-dealkylation sites (N-methyl/N-ethyl adjacent to an activating group) is 1. The van der Waals surface area contributed by atoms with Gasteiger partial charge in [0.1, 0.15) is 0 Å². The SMILES string of the molecule is CN(CCSC(F)(F)F)CCc1ccccc1C(=O)O. The average Bonchev–Trinajstić information content (AvgIpc) is 2.35. The van der Waals surface area contributed by atoms with Crippen LogP contribution in [-0.2, 0) is 6.42 Å². The molecule has 0 fully saturated rings. The quantitative estimate of drug-likeness (QED) is 0.840. The van der Waals surface area contributed by atoms with E-state index in [1.54, 1.807) is 30.1 Å². The zero-order chi connectivity index (χ0) is 15.2. The number of carboxylic acid groups (broad SMARTS) is 1. The molecule has 20 heavy (non-hydrogen) atoms. The normalized spacial score (nSPS) is 11.8. The number of benzene rings is 1. The zero-order valence-corrected chi connectivity index (χ0v) is 11.8. The predicted octanol–water partition coefficient (Wildman–Crippen LogP) is 3.11. The van der Waals surface area contributed by atoms with Crippen molar-refractivity contribution in [1.29, 1.82) is 0 Å². The van der Waals surface area contributed by atoms with Gasteiger partial charge in [0.2, 0.25) is 0 Å². The highest BCUT2D eigenvalue weighted by Gasteiger charge is 2.27. The number of hydrogen-bond acceptors (Lipinski definition) is 3. The van der Waals surface area contributed by atoms with Gasteiger partial charge in [-0.15, -0.1) is 0 Å². The van der Waals surface area contributed by atoms with Crippen molar-refractivity contribution in [2.75, 3.05) is 25.9 Å². The van der Waals surface area contributed by atoms with Crippen LogP contribution in [0.25, 0.3) is 0 Å². The lowest BCUT2D eigenvalue weighted by Crippen LogP contribution is -2.25. The Balaban J connectivity index is 2.41. The van der Waals surface area contributed by atoms with Gasteiger partial charge >= 0.3 is 11.5 Å². The van der Waals surface area contributed by atoms with Gasteiger partial charge in [0, 0.05) is 18.8 Å². The molecular weight excluding hydrogens is 291 g/mol. The van der Waals surface area contributed by atoms with Gasteiger partial charge in [-0.05, 0) is 36.9 Å². The van der Waals surface area contributed by atoms with Crippen LogP contribution in [-0.4, -0.2) is 47.4 Å². The Morgan fingerprint density at radius 1 is 1.30 bits per heavy atom. The van der Waals surface area contributed by atoms with E-state index in [9.17, 15) is 18.0 Å². The maximum atomic E-state index is 12.0. The van der Waals surface area contributed by atoms with Crippen molar-refractivity contribution in [3.05, 3.63) is 35.4 Å². The van der Waals surface area contributed by atoms with Crippen molar-refractivity contribution in [3.63, 3.8) is 0 Å². The van der Waals surface area contributed by atoms with Gasteiger partial charge in [-0.2, -0.15) is 13.2 Å². The third-order valence-corrected chi connectivity index (χ3v) is 3.46. The highest BCUT2D eigenvalue weighted by molar-refractivity contribution is 8.00. The first-order valence-electron chi connectivity index (χ1n) is 6.00. The summed E-state index contributed by atoms with van der Waals surface area (Å²) in [6.07, 6.45) is 0.496. The summed E-state index contributed by atoms with van der Waals surface area (Å²) in [4.78, 5) is 12.8. The van der Waals surface area contributed by atoms with Crippen molar-refractivity contribution in [1.82, 2.24) is 4.90 Å². The number of aromatic carboxylic acids is 1. The van der Waals surface area contributed by atoms with Crippen molar-refractivity contribution in [2.45, 2.75) is 11.9 Å². The van der Waals surface area contributed by atoms with Crippen LogP contribution in [0.3, 0.4) is 0 Å². The van der Waals surface area contributed by atoms with E-state index in [1.165, 1.54) is 6.07 Å². The lowest BCUT2D eigenvalue weighted by atomic mass is 10.0. The molecule has 0 heterocycles. The first-order chi connectivity index (χ1) is 9.29. The molecule has 0 aliphatic carbocycles. The van der Waals surface area contributed by atoms with E-state index in [0.717, 1.165) is 0 Å². The van der Waals surface area contributed by atoms with Crippen LogP contribution in [0.5, 0.6) is 0 Å². The number of carboxylic acids is 1. The molecule has 0 radical (unpaired) electrons. The van der Waals surface area contributed by atoms with Gasteiger partial charge in [0.05, 0.1) is 5.56 Å². The van der Waals surface area contributed by atoms with E-state index in [1.807, 2.05) is 0 Å². The molecule has 0 saturated carbocycles. The highest BCUT2D eigenvalue weighted by Crippen LogP contribution is 2.29. The summed E-state index contributed by atoms with van der Waals surface area (Å²) in [5.41, 5.74) is -3.27. The van der Waals surface area contributed by atoms with Crippen molar-refractivity contribution < 1.29 is 23.1 Å². The van der Waals surface area contributed by atoms with Crippen molar-refractivity contribution in [2.24, 2.45) is 0 Å². The van der Waals surface area contributed by atoms with Crippen LogP contribution in [0.1, 0.15) is 15.9 Å². The summed E-state index contributed by atoms with van der Waals surface area (Å²) >= 11 is -0.0442. The minimum Gasteiger partial charge on any atom is -0.478 e. The molecule has 3 nitrogen and oxygen atoms in total. The topological polar surface area (TPSA) is 40.5 Å². The molecule has 1 rings (SSSR count). The summed E-state index contributed by atoms with van der Waals surface area (Å²) in [6.45, 7) is 0.822. The van der Waals surface area contributed by atoms with E-state index >= 15 is 0 Å². The molecule has 0 spiro atoms. The average molecular weight is 307 g/mol. The van der Waals surface area contributed by atoms with E-state index in [2.05, 4.69) is 0 Å². The fraction of sp³-hybridized carbons (Fsp3) is 0.462. The fourth-order valence-corrected chi connectivity index (χ4v) is 2.32. The van der Waals surface area contributed by atoms with E-state index in [4.69, 9.17) is 5.11 Å². The van der Waals surface area contributed by atoms with Crippen LogP contribution in [0.15, 0.2) is 24.3 Å². The van der Waals surface area contributed by atoms with Crippen LogP contribution in [0.4, 0.5) is 13.2 Å². The molecule has 0 bridgehead atoms. The molecule has 0 atom stereocenters. The molecule has 0 amide bonds. The summed E-state index contributed by atoms with van der Waals surface area (Å²) in [5.74, 6) is -1.02. The fourth-order valence-electron chi connectivity index (χ4n) is 1.69. The number of hydrogen-bond donors (Lipinski definition) is 1. The molecule has 1 aromatic rings. The Bertz CT molecular complexity index is 451. The second-order valence-electron chi connectivity index (χ2n) is 4.31. The largest absolute Gasteiger partial charge is 0.478 e. The molecule has 112 valence electrons. The van der Waals surface area contributed by atoms with Crippen LogP contribution in [0.2, 0.25) is 0 Å². The Hall–Kier alpha value is -1.21. The molecular formula is C13H16F3NO2S. The number of rotatable bonds is 7. The van der Waals surface area contributed by atoms with Gasteiger partial charge in [0.25, 0.3) is 0 Å². The van der Waals surface area contributed by atoms with E-state index in [0.29, 0.717) is 25.1 Å². The number of carbonyl (C=O) groups is 1. The van der Waals surface area contributed by atoms with Crippen LogP contribution in [0, 0.1) is 0 Å². The first kappa shape index (κ1) is 16.8. The number of alkyl halides is 3. The van der Waals surface area contributed by atoms with Crippen molar-refractivity contribution >= 4 is 17.7 Å². The Kier molecular flexibility index (Phi) is 6.35. The molecule has 1 aromatic carbocycles. The van der Waals surface area contributed by atoms with Gasteiger partial charge in [-0.3, -0.25) is 0 Å². The van der Waals surface area contributed by atoms with Crippen molar-refractivity contribution in [3.8, 4) is 0 Å². The third kappa shape index (κ3) is 6.29. The predicted molar refractivity (Wildman–Crippen MR) is 73.1 cm³/mol. The van der Waals surface area contributed by atoms with Crippen LogP contribution >= 0.6 is 11.8 Å². The lowest BCUT2D eigenvalue weighted by Gasteiger charge is -2.17. The summed E-state index contributed by atoms with van der Waals surface area (Å²) < 4.78 is 35.9. The van der Waals surface area contributed by atoms with Crippen LogP contribution < -0.4 is 0 Å². The summed E-state index contributed by atoms with van der Waals surface area (Å²) in [6, 6.07) is 6.65. The second kappa shape index (κ2) is 7.54. The Morgan fingerprint density at radius 2 is 1.95 bits per heavy atom. The van der Waals surface area contributed by atoms with Gasteiger partial charge < -0.3 is 10.0 Å². The summed E-state index contributed by atoms with van der Waals surface area (Å²) in [7, 11) is 1.72. The van der Waals surface area contributed by atoms with E-state index < -0.39 is 11.5 Å². The summed E-state index contributed by atoms with van der Waals surface area (Å²) in [5, 5.41) is 9.02. The molecule has 0 aliphatic heterocycles. The molecule has 0 saturated heterocycles. The van der Waals surface area contributed by atoms with Gasteiger partial charge in [-0.25, -0.2) is 4.79 Å². The zero-order valence-electron chi connectivity index (χ0n) is 11.0. The molecule has 0 aromatic heterocycles. The maximum absolute atomic E-state index is 12.0. The Labute approximate surface area is 119 Å². The minimum atomic E-state index is -4.20. The van der Waals surface area contributed by atoms with Gasteiger partial charge in [0.15, 0.2) is 0 Å². The maximum Gasteiger partial charge on any atom is 0.441 e. The standard InChI is InChI=1S/C13H16F3NO2S/c1-17(8-9-20-13(14,15)16)7-6-10-4-2-3-5-11(10)12(18)19/h2-5H,6-9H2,1H3,(H,18,19). The number of halogens is 3. The minimum absolute atomic E-state index is 0.0272.